The maximum atomic E-state index is 11.8. The van der Waals surface area contributed by atoms with Crippen molar-refractivity contribution in [3.8, 4) is 0 Å². The summed E-state index contributed by atoms with van der Waals surface area (Å²) in [4.78, 5) is 16.0. The Labute approximate surface area is 120 Å². The van der Waals surface area contributed by atoms with Gasteiger partial charge in [0.1, 0.15) is 11.4 Å². The third kappa shape index (κ3) is 4.72. The Morgan fingerprint density at radius 3 is 2.45 bits per heavy atom. The Balaban J connectivity index is 3.05. The predicted molar refractivity (Wildman–Crippen MR) is 81.8 cm³/mol. The van der Waals surface area contributed by atoms with Crippen molar-refractivity contribution in [1.29, 1.82) is 0 Å². The minimum atomic E-state index is -0.446. The monoisotopic (exact) mass is 279 g/mol. The Bertz CT molecular complexity index is 490. The van der Waals surface area contributed by atoms with Gasteiger partial charge < -0.3 is 15.8 Å². The number of pyridine rings is 1. The van der Waals surface area contributed by atoms with Crippen molar-refractivity contribution >= 4 is 17.5 Å². The lowest BCUT2D eigenvalue weighted by molar-refractivity contribution is 0.0601. The Morgan fingerprint density at radius 2 is 1.95 bits per heavy atom. The van der Waals surface area contributed by atoms with Crippen LogP contribution in [0.1, 0.15) is 51.4 Å². The van der Waals surface area contributed by atoms with Crippen LogP contribution in [0.25, 0.3) is 0 Å². The van der Waals surface area contributed by atoms with E-state index in [9.17, 15) is 4.79 Å². The highest BCUT2D eigenvalue weighted by Gasteiger charge is 2.27. The van der Waals surface area contributed by atoms with Crippen LogP contribution < -0.4 is 11.1 Å². The first-order valence-electron chi connectivity index (χ1n) is 6.66. The molecule has 20 heavy (non-hydrogen) atoms. The van der Waals surface area contributed by atoms with Gasteiger partial charge in [-0.3, -0.25) is 0 Å². The Kier molecular flexibility index (Phi) is 4.63. The molecule has 5 heteroatoms. The molecule has 112 valence electrons. The van der Waals surface area contributed by atoms with Crippen LogP contribution in [-0.2, 0) is 4.74 Å². The lowest BCUT2D eigenvalue weighted by Crippen LogP contribution is -2.36. The summed E-state index contributed by atoms with van der Waals surface area (Å²) in [5.41, 5.74) is 6.44. The summed E-state index contributed by atoms with van der Waals surface area (Å²) in [6.07, 6.45) is 2.45. The van der Waals surface area contributed by atoms with Crippen molar-refractivity contribution in [2.45, 2.75) is 46.6 Å². The summed E-state index contributed by atoms with van der Waals surface area (Å²) in [6.45, 7) is 10.7. The molecule has 0 radical (unpaired) electrons. The van der Waals surface area contributed by atoms with Crippen molar-refractivity contribution in [1.82, 2.24) is 4.98 Å². The van der Waals surface area contributed by atoms with E-state index in [0.717, 1.165) is 6.42 Å². The van der Waals surface area contributed by atoms with Crippen LogP contribution in [0.4, 0.5) is 11.5 Å². The second-order valence-electron chi connectivity index (χ2n) is 6.90. The number of carbonyl (C=O) groups excluding carboxylic acids is 1. The molecule has 0 aliphatic heterocycles. The van der Waals surface area contributed by atoms with Crippen LogP contribution in [0.5, 0.6) is 0 Å². The molecule has 0 aromatic carbocycles. The molecule has 0 aliphatic carbocycles. The number of aromatic nitrogens is 1. The van der Waals surface area contributed by atoms with E-state index in [2.05, 4.69) is 44.9 Å². The fourth-order valence-electron chi connectivity index (χ4n) is 2.54. The number of ether oxygens (including phenoxy) is 1. The van der Waals surface area contributed by atoms with Crippen molar-refractivity contribution < 1.29 is 9.53 Å². The van der Waals surface area contributed by atoms with Gasteiger partial charge in [-0.15, -0.1) is 0 Å². The standard InChI is InChI=1S/C15H25N3O2/c1-14(2,3)9-15(4,5)18-12-11(13(19)20-6)7-10(16)8-17-12/h7-8H,9,16H2,1-6H3,(H,17,18). The number of anilines is 2. The number of nitrogens with zero attached hydrogens (tertiary/aromatic N) is 1. The van der Waals surface area contributed by atoms with Gasteiger partial charge in [0.25, 0.3) is 0 Å². The minimum absolute atomic E-state index is 0.162. The van der Waals surface area contributed by atoms with E-state index in [1.165, 1.54) is 13.3 Å². The van der Waals surface area contributed by atoms with Gasteiger partial charge in [-0.05, 0) is 31.7 Å². The van der Waals surface area contributed by atoms with Crippen LogP contribution in [-0.4, -0.2) is 23.6 Å². The van der Waals surface area contributed by atoms with Gasteiger partial charge in [-0.2, -0.15) is 0 Å². The van der Waals surface area contributed by atoms with Crippen molar-refractivity contribution in [2.75, 3.05) is 18.2 Å². The van der Waals surface area contributed by atoms with Gasteiger partial charge in [0, 0.05) is 5.54 Å². The number of esters is 1. The lowest BCUT2D eigenvalue weighted by Gasteiger charge is -2.34. The van der Waals surface area contributed by atoms with E-state index in [1.807, 2.05) is 0 Å². The number of methoxy groups -OCH3 is 1. The van der Waals surface area contributed by atoms with Gasteiger partial charge >= 0.3 is 5.97 Å². The molecule has 0 fully saturated rings. The summed E-state index contributed by atoms with van der Waals surface area (Å²) in [7, 11) is 1.34. The molecular weight excluding hydrogens is 254 g/mol. The first-order valence-corrected chi connectivity index (χ1v) is 6.66. The molecule has 0 saturated carbocycles. The van der Waals surface area contributed by atoms with E-state index < -0.39 is 5.97 Å². The zero-order valence-corrected chi connectivity index (χ0v) is 13.2. The highest BCUT2D eigenvalue weighted by atomic mass is 16.5. The third-order valence-electron chi connectivity index (χ3n) is 2.74. The lowest BCUT2D eigenvalue weighted by atomic mass is 9.82. The maximum absolute atomic E-state index is 11.8. The third-order valence-corrected chi connectivity index (χ3v) is 2.74. The van der Waals surface area contributed by atoms with Crippen LogP contribution in [0.3, 0.4) is 0 Å². The molecule has 1 aromatic rings. The highest BCUT2D eigenvalue weighted by molar-refractivity contribution is 5.95. The van der Waals surface area contributed by atoms with Gasteiger partial charge in [0.2, 0.25) is 0 Å². The molecule has 1 aromatic heterocycles. The highest BCUT2D eigenvalue weighted by Crippen LogP contribution is 2.30. The molecule has 0 spiro atoms. The minimum Gasteiger partial charge on any atom is -0.465 e. The van der Waals surface area contributed by atoms with Crippen LogP contribution in [0.15, 0.2) is 12.3 Å². The quantitative estimate of drug-likeness (QED) is 0.828. The molecule has 0 unspecified atom stereocenters. The Hall–Kier alpha value is -1.78. The fourth-order valence-corrected chi connectivity index (χ4v) is 2.54. The van der Waals surface area contributed by atoms with Gasteiger partial charge in [-0.25, -0.2) is 9.78 Å². The van der Waals surface area contributed by atoms with Crippen molar-refractivity contribution in [3.63, 3.8) is 0 Å². The summed E-state index contributed by atoms with van der Waals surface area (Å²) >= 11 is 0. The number of hydrogen-bond acceptors (Lipinski definition) is 5. The van der Waals surface area contributed by atoms with Crippen LogP contribution in [0.2, 0.25) is 0 Å². The number of carbonyl (C=O) groups is 1. The van der Waals surface area contributed by atoms with Gasteiger partial charge in [0.05, 0.1) is 19.0 Å². The molecule has 0 aliphatic rings. The van der Waals surface area contributed by atoms with Gasteiger partial charge in [-0.1, -0.05) is 20.8 Å². The summed E-state index contributed by atoms with van der Waals surface area (Å²) in [6, 6.07) is 1.58. The molecular formula is C15H25N3O2. The molecule has 5 nitrogen and oxygen atoms in total. The summed E-state index contributed by atoms with van der Waals surface area (Å²) < 4.78 is 4.77. The van der Waals surface area contributed by atoms with E-state index in [4.69, 9.17) is 10.5 Å². The molecule has 0 amide bonds. The van der Waals surface area contributed by atoms with E-state index in [-0.39, 0.29) is 11.0 Å². The predicted octanol–water partition coefficient (Wildman–Crippen LogP) is 3.08. The second kappa shape index (κ2) is 5.69. The second-order valence-corrected chi connectivity index (χ2v) is 6.90. The summed E-state index contributed by atoms with van der Waals surface area (Å²) in [5, 5.41) is 3.32. The number of nitrogens with two attached hydrogens (primary N) is 1. The van der Waals surface area contributed by atoms with E-state index in [0.29, 0.717) is 17.1 Å². The number of hydrogen-bond donors (Lipinski definition) is 2. The fraction of sp³-hybridized carbons (Fsp3) is 0.600. The largest absolute Gasteiger partial charge is 0.465 e. The van der Waals surface area contributed by atoms with Crippen LogP contribution in [0, 0.1) is 5.41 Å². The van der Waals surface area contributed by atoms with Crippen LogP contribution >= 0.6 is 0 Å². The van der Waals surface area contributed by atoms with E-state index in [1.54, 1.807) is 6.07 Å². The number of nitrogen functional groups attached to an aromatic ring is 1. The summed E-state index contributed by atoms with van der Waals surface area (Å²) in [5.74, 6) is 0.0548. The first kappa shape index (κ1) is 16.3. The topological polar surface area (TPSA) is 77.2 Å². The average Bonchev–Trinajstić information content (AvgIpc) is 2.27. The normalized spacial score (nSPS) is 12.1. The Morgan fingerprint density at radius 1 is 1.35 bits per heavy atom. The SMILES string of the molecule is COC(=O)c1cc(N)cnc1NC(C)(C)CC(C)(C)C. The van der Waals surface area contributed by atoms with Crippen molar-refractivity contribution in [2.24, 2.45) is 5.41 Å². The molecule has 0 atom stereocenters. The van der Waals surface area contributed by atoms with Crippen molar-refractivity contribution in [3.05, 3.63) is 17.8 Å². The zero-order valence-electron chi connectivity index (χ0n) is 13.2. The molecule has 0 bridgehead atoms. The maximum Gasteiger partial charge on any atom is 0.341 e. The number of rotatable bonds is 4. The molecule has 1 rings (SSSR count). The zero-order chi connectivity index (χ0) is 15.6. The van der Waals surface area contributed by atoms with E-state index >= 15 is 0 Å². The first-order chi connectivity index (χ1) is 9.04. The smallest absolute Gasteiger partial charge is 0.341 e. The molecule has 1 heterocycles. The molecule has 0 saturated heterocycles. The average molecular weight is 279 g/mol. The molecule has 3 N–H and O–H groups in total. The number of nitrogens with one attached hydrogen (secondary N) is 1. The van der Waals surface area contributed by atoms with Gasteiger partial charge in [0.15, 0.2) is 0 Å².